The number of hydrogen-bond acceptors (Lipinski definition) is 10. The first kappa shape index (κ1) is 44.1. The van der Waals surface area contributed by atoms with Crippen LogP contribution in [0.5, 0.6) is 17.2 Å². The third kappa shape index (κ3) is 14.4. The third-order valence-electron chi connectivity index (χ3n) is 8.48. The van der Waals surface area contributed by atoms with E-state index in [1.807, 2.05) is 33.8 Å². The van der Waals surface area contributed by atoms with Crippen LogP contribution in [0.3, 0.4) is 0 Å². The van der Waals surface area contributed by atoms with Gasteiger partial charge in [-0.2, -0.15) is 0 Å². The summed E-state index contributed by atoms with van der Waals surface area (Å²) in [4.78, 5) is 15.9. The number of anilines is 3. The van der Waals surface area contributed by atoms with Crippen molar-refractivity contribution in [3.05, 3.63) is 70.8 Å². The molecule has 0 bridgehead atoms. The number of aromatic hydroxyl groups is 1. The highest BCUT2D eigenvalue weighted by atomic mass is 31.2. The largest absolute Gasteiger partial charge is 0.530 e. The Morgan fingerprint density at radius 1 is 0.868 bits per heavy atom. The van der Waals surface area contributed by atoms with Crippen LogP contribution in [-0.4, -0.2) is 37.4 Å². The smallest absolute Gasteiger partial charge is 0.506 e. The lowest BCUT2D eigenvalue weighted by atomic mass is 10.1. The van der Waals surface area contributed by atoms with Crippen molar-refractivity contribution < 1.29 is 41.6 Å². The Hall–Kier alpha value is -3.33. The molecule has 1 atom stereocenters. The van der Waals surface area contributed by atoms with Crippen molar-refractivity contribution in [3.63, 3.8) is 0 Å². The molecule has 11 nitrogen and oxygen atoms in total. The molecule has 0 radical (unpaired) electrons. The summed E-state index contributed by atoms with van der Waals surface area (Å²) in [5, 5.41) is 14.1. The number of unbranched alkanes of at least 4 members (excludes halogenated alkanes) is 3. The molecule has 1 heterocycles. The zero-order valence-electron chi connectivity index (χ0n) is 32.6. The van der Waals surface area contributed by atoms with Gasteiger partial charge in [0.05, 0.1) is 36.8 Å². The van der Waals surface area contributed by atoms with Gasteiger partial charge < -0.3 is 28.9 Å². The molecule has 294 valence electrons. The minimum Gasteiger partial charge on any atom is -0.506 e. The molecule has 53 heavy (non-hydrogen) atoms. The Bertz CT molecular complexity index is 1650. The molecule has 2 aromatic carbocycles. The second kappa shape index (κ2) is 22.8. The average molecular weight is 775 g/mol. The molecule has 1 amide bonds. The van der Waals surface area contributed by atoms with Crippen molar-refractivity contribution in [3.8, 4) is 17.2 Å². The number of carbonyl (C=O) groups excluding carboxylic acids is 1. The van der Waals surface area contributed by atoms with E-state index in [9.17, 15) is 19.0 Å². The van der Waals surface area contributed by atoms with Crippen molar-refractivity contribution >= 4 is 39.0 Å². The van der Waals surface area contributed by atoms with Gasteiger partial charge in [0.2, 0.25) is 0 Å². The predicted molar refractivity (Wildman–Crippen MR) is 215 cm³/mol. The van der Waals surface area contributed by atoms with Crippen LogP contribution in [0, 0.1) is 0 Å². The van der Waals surface area contributed by atoms with Gasteiger partial charge >= 0.3 is 16.1 Å². The molecule has 2 N–H and O–H groups in total. The van der Waals surface area contributed by atoms with Gasteiger partial charge in [0, 0.05) is 18.7 Å². The molecular formula is C40H60N2O9P2. The molecule has 13 heteroatoms. The summed E-state index contributed by atoms with van der Waals surface area (Å²) in [5.41, 5.74) is 4.61. The van der Waals surface area contributed by atoms with Crippen LogP contribution >= 0.6 is 16.1 Å². The summed E-state index contributed by atoms with van der Waals surface area (Å²) in [7, 11) is -7.22. The molecule has 0 spiro atoms. The van der Waals surface area contributed by atoms with E-state index in [1.165, 1.54) is 28.2 Å². The Morgan fingerprint density at radius 3 is 2.13 bits per heavy atom. The SMILES string of the molecule is CCCCO[PH](=O)Oc1cc(OP(=O)(OCCCC)OCCCC)c2c(c1)N(C/C=C(\C)CC/C=C(\C)CCC=C(C)C)C(=O)c1cccc(O)c1N2. The molecule has 0 aliphatic carbocycles. The minimum atomic E-state index is -4.22. The van der Waals surface area contributed by atoms with E-state index < -0.39 is 22.0 Å². The van der Waals surface area contributed by atoms with Crippen LogP contribution in [0.4, 0.5) is 17.1 Å². The third-order valence-corrected chi connectivity index (χ3v) is 10.7. The number of amides is 1. The topological polar surface area (TPSA) is 133 Å². The zero-order valence-corrected chi connectivity index (χ0v) is 34.5. The Morgan fingerprint density at radius 2 is 1.49 bits per heavy atom. The number of allylic oxidation sites excluding steroid dienone is 5. The van der Waals surface area contributed by atoms with Crippen molar-refractivity contribution in [1.29, 1.82) is 0 Å². The van der Waals surface area contributed by atoms with Gasteiger partial charge in [-0.05, 0) is 84.8 Å². The highest BCUT2D eigenvalue weighted by molar-refractivity contribution is 7.49. The maximum Gasteiger partial charge on any atom is 0.530 e. The summed E-state index contributed by atoms with van der Waals surface area (Å²) in [6, 6.07) is 7.66. The number of rotatable bonds is 24. The van der Waals surface area contributed by atoms with E-state index in [4.69, 9.17) is 22.6 Å². The molecule has 0 saturated carbocycles. The maximum absolute atomic E-state index is 14.3. The van der Waals surface area contributed by atoms with Crippen molar-refractivity contribution in [2.45, 2.75) is 113 Å². The van der Waals surface area contributed by atoms with E-state index >= 15 is 0 Å². The van der Waals surface area contributed by atoms with Gasteiger partial charge in [-0.25, -0.2) is 9.13 Å². The van der Waals surface area contributed by atoms with Crippen LogP contribution in [0.2, 0.25) is 0 Å². The fourth-order valence-electron chi connectivity index (χ4n) is 5.32. The van der Waals surface area contributed by atoms with E-state index in [0.29, 0.717) is 19.3 Å². The predicted octanol–water partition coefficient (Wildman–Crippen LogP) is 12.2. The standard InChI is InChI=1S/C40H60N2O9P2/c1-8-11-25-47-52(45)50-33-28-35-39(37(29-33)51-53(46,48-26-12-9-2)49-27-13-10-3)41-38-34(21-16-22-36(38)43)40(44)42(35)24-23-32(7)20-15-19-31(6)18-14-17-30(4)5/h16-17,19,21-23,28-29,41,43,52H,8-15,18,20,24-27H2,1-7H3/b31-19+,32-23+. The quantitative estimate of drug-likeness (QED) is 0.0459. The number of hydrogen-bond donors (Lipinski definition) is 2. The number of phenolic OH excluding ortho intramolecular Hbond substituents is 1. The number of fused-ring (bicyclic) bond motifs is 2. The van der Waals surface area contributed by atoms with Gasteiger partial charge in [0.15, 0.2) is 5.75 Å². The number of phenols is 1. The number of phosphoric ester groups is 1. The van der Waals surface area contributed by atoms with Gasteiger partial charge in [0.1, 0.15) is 17.2 Å². The molecule has 3 rings (SSSR count). The van der Waals surface area contributed by atoms with E-state index in [2.05, 4.69) is 38.2 Å². The Balaban J connectivity index is 2.10. The number of carbonyl (C=O) groups is 1. The molecule has 0 aromatic heterocycles. The van der Waals surface area contributed by atoms with Crippen LogP contribution in [0.25, 0.3) is 0 Å². The fourth-order valence-corrected chi connectivity index (χ4v) is 7.27. The van der Waals surface area contributed by atoms with E-state index in [0.717, 1.165) is 50.5 Å². The van der Waals surface area contributed by atoms with Crippen LogP contribution in [0.15, 0.2) is 65.3 Å². The number of para-hydroxylation sites is 1. The van der Waals surface area contributed by atoms with Crippen LogP contribution in [-0.2, 0) is 22.7 Å². The first-order valence-electron chi connectivity index (χ1n) is 18.9. The average Bonchev–Trinajstić information content (AvgIpc) is 3.22. The van der Waals surface area contributed by atoms with E-state index in [-0.39, 0.29) is 66.2 Å². The lowest BCUT2D eigenvalue weighted by molar-refractivity contribution is 0.0990. The molecule has 0 saturated heterocycles. The molecule has 1 unspecified atom stereocenters. The Kier molecular flexibility index (Phi) is 18.9. The molecular weight excluding hydrogens is 714 g/mol. The van der Waals surface area contributed by atoms with Crippen molar-refractivity contribution in [2.75, 3.05) is 36.6 Å². The highest BCUT2D eigenvalue weighted by Gasteiger charge is 2.35. The molecule has 1 aliphatic heterocycles. The second-order valence-corrected chi connectivity index (χ2v) is 16.1. The van der Waals surface area contributed by atoms with Gasteiger partial charge in [-0.1, -0.05) is 81.0 Å². The summed E-state index contributed by atoms with van der Waals surface area (Å²) < 4.78 is 56.0. The molecule has 2 aromatic rings. The van der Waals surface area contributed by atoms with Crippen LogP contribution < -0.4 is 19.3 Å². The monoisotopic (exact) mass is 774 g/mol. The first-order valence-corrected chi connectivity index (χ1v) is 21.6. The first-order chi connectivity index (χ1) is 25.4. The van der Waals surface area contributed by atoms with Gasteiger partial charge in [-0.15, -0.1) is 0 Å². The fraction of sp³-hybridized carbons (Fsp3) is 0.525. The summed E-state index contributed by atoms with van der Waals surface area (Å²) in [6.45, 7) is 15.0. The number of phosphoric acid groups is 1. The minimum absolute atomic E-state index is 0.0412. The van der Waals surface area contributed by atoms with Crippen molar-refractivity contribution in [1.82, 2.24) is 0 Å². The van der Waals surface area contributed by atoms with Gasteiger partial charge in [-0.3, -0.25) is 13.8 Å². The summed E-state index contributed by atoms with van der Waals surface area (Å²) in [6.07, 6.45) is 14.6. The maximum atomic E-state index is 14.3. The lowest BCUT2D eigenvalue weighted by Gasteiger charge is -2.25. The van der Waals surface area contributed by atoms with Gasteiger partial charge in [0.25, 0.3) is 5.91 Å². The van der Waals surface area contributed by atoms with Crippen LogP contribution in [0.1, 0.15) is 123 Å². The Labute approximate surface area is 317 Å². The summed E-state index contributed by atoms with van der Waals surface area (Å²) in [5.74, 6) is -0.542. The zero-order chi connectivity index (χ0) is 38.8. The summed E-state index contributed by atoms with van der Waals surface area (Å²) >= 11 is 0. The number of nitrogens with one attached hydrogen (secondary N) is 1. The highest BCUT2D eigenvalue weighted by Crippen LogP contribution is 2.55. The van der Waals surface area contributed by atoms with E-state index in [1.54, 1.807) is 18.2 Å². The number of benzene rings is 2. The lowest BCUT2D eigenvalue weighted by Crippen LogP contribution is -2.30. The number of nitrogens with zero attached hydrogens (tertiary/aromatic N) is 1. The molecule has 0 fully saturated rings. The van der Waals surface area contributed by atoms with Crippen molar-refractivity contribution in [2.24, 2.45) is 0 Å². The normalized spacial score (nSPS) is 13.9. The second-order valence-electron chi connectivity index (χ2n) is 13.5. The molecule has 1 aliphatic rings.